The second-order valence-electron chi connectivity index (χ2n) is 4.93. The zero-order chi connectivity index (χ0) is 14.8. The van der Waals surface area contributed by atoms with Crippen LogP contribution >= 0.6 is 0 Å². The highest BCUT2D eigenvalue weighted by atomic mass is 19.1. The number of nitrogens with two attached hydrogens (primary N) is 1. The highest BCUT2D eigenvalue weighted by Gasteiger charge is 2.10. The Balaban J connectivity index is 2.03. The maximum Gasteiger partial charge on any atom is 0.170 e. The standard InChI is InChI=1S/C17H17FN2O/c1-21-16-7-3-5-13(17(16)18)11-20-9-8-14-12(10-19)4-2-6-15(14)20/h2-9H,10-11,19H2,1H3. The van der Waals surface area contributed by atoms with E-state index < -0.39 is 0 Å². The van der Waals surface area contributed by atoms with Gasteiger partial charge in [-0.3, -0.25) is 0 Å². The molecule has 0 saturated carbocycles. The van der Waals surface area contributed by atoms with Gasteiger partial charge in [0.1, 0.15) is 0 Å². The van der Waals surface area contributed by atoms with Crippen LogP contribution in [0, 0.1) is 5.82 Å². The first-order chi connectivity index (χ1) is 10.2. The molecule has 0 saturated heterocycles. The van der Waals surface area contributed by atoms with Crippen molar-refractivity contribution in [3.8, 4) is 5.75 Å². The molecule has 2 N–H and O–H groups in total. The first-order valence-corrected chi connectivity index (χ1v) is 6.82. The molecule has 0 bridgehead atoms. The van der Waals surface area contributed by atoms with Crippen molar-refractivity contribution in [1.82, 2.24) is 4.57 Å². The van der Waals surface area contributed by atoms with Gasteiger partial charge < -0.3 is 15.0 Å². The van der Waals surface area contributed by atoms with Crippen LogP contribution in [0.25, 0.3) is 10.9 Å². The maximum absolute atomic E-state index is 14.3. The van der Waals surface area contributed by atoms with Crippen molar-refractivity contribution in [1.29, 1.82) is 0 Å². The van der Waals surface area contributed by atoms with Gasteiger partial charge in [0.15, 0.2) is 11.6 Å². The third-order valence-corrected chi connectivity index (χ3v) is 3.73. The molecule has 0 radical (unpaired) electrons. The number of benzene rings is 2. The number of fused-ring (bicyclic) bond motifs is 1. The Morgan fingerprint density at radius 1 is 1.10 bits per heavy atom. The van der Waals surface area contributed by atoms with Gasteiger partial charge in [0.05, 0.1) is 13.7 Å². The van der Waals surface area contributed by atoms with Crippen LogP contribution in [-0.2, 0) is 13.1 Å². The molecule has 4 heteroatoms. The molecule has 3 rings (SSSR count). The van der Waals surface area contributed by atoms with Crippen molar-refractivity contribution in [2.45, 2.75) is 13.1 Å². The van der Waals surface area contributed by atoms with Crippen LogP contribution in [-0.4, -0.2) is 11.7 Å². The number of rotatable bonds is 4. The Hall–Kier alpha value is -2.33. The van der Waals surface area contributed by atoms with Crippen molar-refractivity contribution in [2.75, 3.05) is 7.11 Å². The summed E-state index contributed by atoms with van der Waals surface area (Å²) in [6.07, 6.45) is 1.96. The van der Waals surface area contributed by atoms with Gasteiger partial charge >= 0.3 is 0 Å². The fourth-order valence-electron chi connectivity index (χ4n) is 2.62. The van der Waals surface area contributed by atoms with Crippen LogP contribution < -0.4 is 10.5 Å². The van der Waals surface area contributed by atoms with E-state index in [1.54, 1.807) is 18.2 Å². The van der Waals surface area contributed by atoms with Gasteiger partial charge in [-0.1, -0.05) is 24.3 Å². The van der Waals surface area contributed by atoms with Crippen molar-refractivity contribution in [2.24, 2.45) is 5.73 Å². The highest BCUT2D eigenvalue weighted by Crippen LogP contribution is 2.24. The lowest BCUT2D eigenvalue weighted by Crippen LogP contribution is -2.02. The van der Waals surface area contributed by atoms with Crippen LogP contribution in [0.4, 0.5) is 4.39 Å². The first-order valence-electron chi connectivity index (χ1n) is 6.82. The molecule has 0 aliphatic carbocycles. The molecule has 21 heavy (non-hydrogen) atoms. The third kappa shape index (κ3) is 2.38. The molecule has 0 amide bonds. The lowest BCUT2D eigenvalue weighted by atomic mass is 10.1. The van der Waals surface area contributed by atoms with Crippen LogP contribution in [0.1, 0.15) is 11.1 Å². The largest absolute Gasteiger partial charge is 0.494 e. The summed E-state index contributed by atoms with van der Waals surface area (Å²) in [5, 5.41) is 1.11. The lowest BCUT2D eigenvalue weighted by molar-refractivity contribution is 0.383. The Bertz CT molecular complexity index is 780. The molecule has 108 valence electrons. The molecule has 1 aromatic heterocycles. The van der Waals surface area contributed by atoms with E-state index >= 15 is 0 Å². The van der Waals surface area contributed by atoms with Gasteiger partial charge in [0.2, 0.25) is 0 Å². The quantitative estimate of drug-likeness (QED) is 0.798. The molecule has 0 aliphatic rings. The fourth-order valence-corrected chi connectivity index (χ4v) is 2.62. The molecular weight excluding hydrogens is 267 g/mol. The molecule has 0 aliphatic heterocycles. The Kier molecular flexibility index (Phi) is 3.62. The number of ether oxygens (including phenoxy) is 1. The molecule has 1 heterocycles. The smallest absolute Gasteiger partial charge is 0.170 e. The summed E-state index contributed by atoms with van der Waals surface area (Å²) in [5.74, 6) is -0.0385. The van der Waals surface area contributed by atoms with Crippen LogP contribution in [0.5, 0.6) is 5.75 Å². The average Bonchev–Trinajstić information content (AvgIpc) is 2.92. The van der Waals surface area contributed by atoms with Crippen molar-refractivity contribution in [3.63, 3.8) is 0 Å². The van der Waals surface area contributed by atoms with Gasteiger partial charge in [0.25, 0.3) is 0 Å². The molecule has 0 fully saturated rings. The maximum atomic E-state index is 14.3. The predicted molar refractivity (Wildman–Crippen MR) is 81.9 cm³/mol. The lowest BCUT2D eigenvalue weighted by Gasteiger charge is -2.10. The van der Waals surface area contributed by atoms with E-state index in [0.29, 0.717) is 18.7 Å². The van der Waals surface area contributed by atoms with Gasteiger partial charge in [0, 0.05) is 29.2 Å². The number of nitrogens with zero attached hydrogens (tertiary/aromatic N) is 1. The normalized spacial score (nSPS) is 11.0. The minimum atomic E-state index is -0.308. The Morgan fingerprint density at radius 2 is 1.86 bits per heavy atom. The van der Waals surface area contributed by atoms with Crippen LogP contribution in [0.2, 0.25) is 0 Å². The molecular formula is C17H17FN2O. The minimum absolute atomic E-state index is 0.270. The number of hydrogen-bond acceptors (Lipinski definition) is 2. The Labute approximate surface area is 122 Å². The summed E-state index contributed by atoms with van der Waals surface area (Å²) in [6, 6.07) is 13.2. The molecule has 0 unspecified atom stereocenters. The molecule has 2 aromatic carbocycles. The summed E-state index contributed by atoms with van der Waals surface area (Å²) >= 11 is 0. The van der Waals surface area contributed by atoms with Crippen LogP contribution in [0.3, 0.4) is 0 Å². The summed E-state index contributed by atoms with van der Waals surface area (Å²) in [7, 11) is 1.47. The second kappa shape index (κ2) is 5.58. The van der Waals surface area contributed by atoms with Gasteiger partial charge in [-0.05, 0) is 23.8 Å². The monoisotopic (exact) mass is 284 g/mol. The third-order valence-electron chi connectivity index (χ3n) is 3.73. The van der Waals surface area contributed by atoms with Crippen LogP contribution in [0.15, 0.2) is 48.7 Å². The summed E-state index contributed by atoms with van der Waals surface area (Å²) in [5.41, 5.74) is 8.51. The molecule has 3 nitrogen and oxygen atoms in total. The fraction of sp³-hybridized carbons (Fsp3) is 0.176. The van der Waals surface area contributed by atoms with Crippen molar-refractivity contribution in [3.05, 3.63) is 65.6 Å². The van der Waals surface area contributed by atoms with E-state index in [9.17, 15) is 4.39 Å². The van der Waals surface area contributed by atoms with E-state index in [4.69, 9.17) is 10.5 Å². The zero-order valence-electron chi connectivity index (χ0n) is 11.8. The SMILES string of the molecule is COc1cccc(Cn2ccc3c(CN)cccc32)c1F. The Morgan fingerprint density at radius 3 is 2.62 bits per heavy atom. The van der Waals surface area contributed by atoms with Crippen molar-refractivity contribution < 1.29 is 9.13 Å². The highest BCUT2D eigenvalue weighted by molar-refractivity contribution is 5.83. The summed E-state index contributed by atoms with van der Waals surface area (Å²) < 4.78 is 21.3. The first kappa shape index (κ1) is 13.6. The van der Waals surface area contributed by atoms with Gasteiger partial charge in [-0.2, -0.15) is 0 Å². The predicted octanol–water partition coefficient (Wildman–Crippen LogP) is 3.30. The summed E-state index contributed by atoms with van der Waals surface area (Å²) in [4.78, 5) is 0. The molecule has 3 aromatic rings. The topological polar surface area (TPSA) is 40.2 Å². The molecule has 0 atom stereocenters. The van der Waals surface area contributed by atoms with Gasteiger partial charge in [-0.15, -0.1) is 0 Å². The number of methoxy groups -OCH3 is 1. The summed E-state index contributed by atoms with van der Waals surface area (Å²) in [6.45, 7) is 0.954. The number of halogens is 1. The van der Waals surface area contributed by atoms with E-state index in [0.717, 1.165) is 16.5 Å². The van der Waals surface area contributed by atoms with Crippen molar-refractivity contribution >= 4 is 10.9 Å². The average molecular weight is 284 g/mol. The zero-order valence-corrected chi connectivity index (χ0v) is 11.8. The van der Waals surface area contributed by atoms with E-state index in [-0.39, 0.29) is 11.6 Å². The van der Waals surface area contributed by atoms with E-state index in [1.807, 2.05) is 35.0 Å². The van der Waals surface area contributed by atoms with E-state index in [2.05, 4.69) is 0 Å². The van der Waals surface area contributed by atoms with E-state index in [1.165, 1.54) is 7.11 Å². The molecule has 0 spiro atoms. The number of hydrogen-bond donors (Lipinski definition) is 1. The second-order valence-corrected chi connectivity index (χ2v) is 4.93. The number of aromatic nitrogens is 1. The van der Waals surface area contributed by atoms with Gasteiger partial charge in [-0.25, -0.2) is 4.39 Å². The minimum Gasteiger partial charge on any atom is -0.494 e.